The Balaban J connectivity index is 1.87. The molecule has 1 unspecified atom stereocenters. The number of para-hydroxylation sites is 1. The van der Waals surface area contributed by atoms with Gasteiger partial charge >= 0.3 is 5.97 Å². The molecule has 2 aromatic heterocycles. The number of rotatable bonds is 2. The van der Waals surface area contributed by atoms with E-state index in [1.54, 1.807) is 0 Å². The van der Waals surface area contributed by atoms with Gasteiger partial charge in [-0.1, -0.05) is 12.1 Å². The number of fused-ring (bicyclic) bond motifs is 3. The van der Waals surface area contributed by atoms with E-state index in [9.17, 15) is 9.90 Å². The number of hydrogen-bond donors (Lipinski definition) is 1. The predicted molar refractivity (Wildman–Crippen MR) is 86.6 cm³/mol. The molecule has 0 amide bonds. The second kappa shape index (κ2) is 5.22. The van der Waals surface area contributed by atoms with Gasteiger partial charge in [0, 0.05) is 18.5 Å². The Morgan fingerprint density at radius 2 is 2.17 bits per heavy atom. The average molecular weight is 311 g/mol. The monoisotopic (exact) mass is 311 g/mol. The second-order valence-electron chi connectivity index (χ2n) is 5.99. The number of hydrogen-bond acceptors (Lipinski definition) is 5. The van der Waals surface area contributed by atoms with Crippen LogP contribution in [0.1, 0.15) is 18.7 Å². The zero-order valence-corrected chi connectivity index (χ0v) is 12.8. The molecule has 6 nitrogen and oxygen atoms in total. The fraction of sp³-hybridized carbons (Fsp3) is 0.353. The van der Waals surface area contributed by atoms with E-state index in [-0.39, 0.29) is 5.92 Å². The summed E-state index contributed by atoms with van der Waals surface area (Å²) in [4.78, 5) is 22.4. The second-order valence-corrected chi connectivity index (χ2v) is 5.99. The Kier molecular flexibility index (Phi) is 3.18. The molecule has 118 valence electrons. The van der Waals surface area contributed by atoms with Crippen LogP contribution in [0.3, 0.4) is 0 Å². The van der Waals surface area contributed by atoms with Crippen LogP contribution in [-0.2, 0) is 4.79 Å². The predicted octanol–water partition coefficient (Wildman–Crippen LogP) is 2.99. The molecule has 1 aromatic carbocycles. The lowest BCUT2D eigenvalue weighted by atomic mass is 9.98. The lowest BCUT2D eigenvalue weighted by Gasteiger charge is -2.31. The van der Waals surface area contributed by atoms with Gasteiger partial charge in [0.15, 0.2) is 11.4 Å². The van der Waals surface area contributed by atoms with Gasteiger partial charge in [0.05, 0.1) is 5.92 Å². The first-order chi connectivity index (χ1) is 11.1. The number of carboxylic acid groups (broad SMARTS) is 1. The van der Waals surface area contributed by atoms with Crippen molar-refractivity contribution in [3.8, 4) is 0 Å². The topological polar surface area (TPSA) is 79.5 Å². The van der Waals surface area contributed by atoms with E-state index in [4.69, 9.17) is 4.42 Å². The van der Waals surface area contributed by atoms with Gasteiger partial charge in [0.25, 0.3) is 0 Å². The third kappa shape index (κ3) is 2.30. The molecule has 0 bridgehead atoms. The molecule has 1 N–H and O–H groups in total. The number of aliphatic carboxylic acids is 1. The van der Waals surface area contributed by atoms with Gasteiger partial charge in [0.1, 0.15) is 16.9 Å². The van der Waals surface area contributed by atoms with Crippen molar-refractivity contribution in [2.24, 2.45) is 5.92 Å². The number of nitrogens with zero attached hydrogens (tertiary/aromatic N) is 3. The van der Waals surface area contributed by atoms with Gasteiger partial charge in [0.2, 0.25) is 0 Å². The summed E-state index contributed by atoms with van der Waals surface area (Å²) in [6.07, 6.45) is 1.54. The number of furan rings is 1. The molecule has 1 aliphatic heterocycles. The highest BCUT2D eigenvalue weighted by atomic mass is 16.4. The molecule has 0 radical (unpaired) electrons. The van der Waals surface area contributed by atoms with Gasteiger partial charge in [-0.2, -0.15) is 0 Å². The SMILES string of the molecule is Cc1nc(N2CCCC(C(=O)O)C2)c2oc3ccccc3c2n1. The standard InChI is InChI=1S/C17H17N3O3/c1-10-18-14-12-6-2-3-7-13(12)23-15(14)16(19-10)20-8-4-5-11(9-20)17(21)22/h2-3,6-7,11H,4-5,8-9H2,1H3,(H,21,22). The highest BCUT2D eigenvalue weighted by molar-refractivity contribution is 6.05. The van der Waals surface area contributed by atoms with Gasteiger partial charge < -0.3 is 14.4 Å². The van der Waals surface area contributed by atoms with Crippen LogP contribution >= 0.6 is 0 Å². The van der Waals surface area contributed by atoms with Crippen LogP contribution in [0.15, 0.2) is 28.7 Å². The number of carboxylic acids is 1. The zero-order chi connectivity index (χ0) is 16.0. The Hall–Kier alpha value is -2.63. The van der Waals surface area contributed by atoms with E-state index >= 15 is 0 Å². The minimum absolute atomic E-state index is 0.363. The molecule has 1 saturated heterocycles. The summed E-state index contributed by atoms with van der Waals surface area (Å²) < 4.78 is 5.97. The largest absolute Gasteiger partial charge is 0.481 e. The van der Waals surface area contributed by atoms with Crippen LogP contribution in [0, 0.1) is 12.8 Å². The number of aromatic nitrogens is 2. The number of carbonyl (C=O) groups is 1. The number of aryl methyl sites for hydroxylation is 1. The zero-order valence-electron chi connectivity index (χ0n) is 12.8. The Morgan fingerprint density at radius 1 is 1.35 bits per heavy atom. The van der Waals surface area contributed by atoms with Crippen molar-refractivity contribution in [3.05, 3.63) is 30.1 Å². The molecule has 3 heterocycles. The Morgan fingerprint density at radius 3 is 3.00 bits per heavy atom. The average Bonchev–Trinajstić information content (AvgIpc) is 2.93. The van der Waals surface area contributed by atoms with Crippen LogP contribution in [0.4, 0.5) is 5.82 Å². The summed E-state index contributed by atoms with van der Waals surface area (Å²) in [5.74, 6) is 0.255. The van der Waals surface area contributed by atoms with Crippen molar-refractivity contribution in [3.63, 3.8) is 0 Å². The Labute approximate surface area is 132 Å². The molecule has 3 aromatic rings. The summed E-state index contributed by atoms with van der Waals surface area (Å²) >= 11 is 0. The summed E-state index contributed by atoms with van der Waals surface area (Å²) in [5, 5.41) is 10.3. The molecule has 0 spiro atoms. The van der Waals surface area contributed by atoms with E-state index < -0.39 is 5.97 Å². The van der Waals surface area contributed by atoms with E-state index in [0.29, 0.717) is 30.2 Å². The minimum atomic E-state index is -0.749. The van der Waals surface area contributed by atoms with Crippen molar-refractivity contribution < 1.29 is 14.3 Å². The van der Waals surface area contributed by atoms with Gasteiger partial charge in [-0.25, -0.2) is 9.97 Å². The van der Waals surface area contributed by atoms with Gasteiger partial charge in [-0.05, 0) is 31.9 Å². The highest BCUT2D eigenvalue weighted by Crippen LogP contribution is 2.34. The molecule has 1 aliphatic rings. The molecule has 1 atom stereocenters. The summed E-state index contributed by atoms with van der Waals surface area (Å²) in [6, 6.07) is 7.77. The van der Waals surface area contributed by atoms with Crippen molar-refractivity contribution >= 4 is 33.9 Å². The van der Waals surface area contributed by atoms with Crippen molar-refractivity contribution in [1.29, 1.82) is 0 Å². The summed E-state index contributed by atoms with van der Waals surface area (Å²) in [6.45, 7) is 3.09. The first-order valence-corrected chi connectivity index (χ1v) is 7.77. The normalized spacial score (nSPS) is 18.7. The van der Waals surface area contributed by atoms with E-state index in [2.05, 4.69) is 9.97 Å². The molecule has 4 rings (SSSR count). The molecule has 0 saturated carbocycles. The van der Waals surface area contributed by atoms with Crippen LogP contribution in [0.25, 0.3) is 22.1 Å². The molecule has 23 heavy (non-hydrogen) atoms. The van der Waals surface area contributed by atoms with Crippen molar-refractivity contribution in [1.82, 2.24) is 9.97 Å². The van der Waals surface area contributed by atoms with Crippen LogP contribution in [0.5, 0.6) is 0 Å². The molecular formula is C17H17N3O3. The van der Waals surface area contributed by atoms with Crippen molar-refractivity contribution in [2.75, 3.05) is 18.0 Å². The van der Waals surface area contributed by atoms with E-state index in [1.807, 2.05) is 36.1 Å². The third-order valence-corrected chi connectivity index (χ3v) is 4.38. The quantitative estimate of drug-likeness (QED) is 0.783. The summed E-state index contributed by atoms with van der Waals surface area (Å²) in [5.41, 5.74) is 2.21. The van der Waals surface area contributed by atoms with Gasteiger partial charge in [-0.3, -0.25) is 4.79 Å². The number of benzene rings is 1. The maximum atomic E-state index is 11.3. The van der Waals surface area contributed by atoms with E-state index in [1.165, 1.54) is 0 Å². The third-order valence-electron chi connectivity index (χ3n) is 4.38. The van der Waals surface area contributed by atoms with Crippen LogP contribution in [-0.4, -0.2) is 34.1 Å². The first kappa shape index (κ1) is 14.0. The molecule has 0 aliphatic carbocycles. The Bertz CT molecular complexity index is 903. The molecule has 1 fully saturated rings. The number of piperidine rings is 1. The molecular weight excluding hydrogens is 294 g/mol. The van der Waals surface area contributed by atoms with Crippen LogP contribution < -0.4 is 4.90 Å². The molecule has 6 heteroatoms. The lowest BCUT2D eigenvalue weighted by molar-refractivity contribution is -0.141. The maximum Gasteiger partial charge on any atom is 0.308 e. The smallest absolute Gasteiger partial charge is 0.308 e. The lowest BCUT2D eigenvalue weighted by Crippen LogP contribution is -2.39. The first-order valence-electron chi connectivity index (χ1n) is 7.77. The van der Waals surface area contributed by atoms with Gasteiger partial charge in [-0.15, -0.1) is 0 Å². The maximum absolute atomic E-state index is 11.3. The fourth-order valence-corrected chi connectivity index (χ4v) is 3.27. The highest BCUT2D eigenvalue weighted by Gasteiger charge is 2.28. The summed E-state index contributed by atoms with van der Waals surface area (Å²) in [7, 11) is 0. The minimum Gasteiger partial charge on any atom is -0.481 e. The van der Waals surface area contributed by atoms with Crippen LogP contribution in [0.2, 0.25) is 0 Å². The van der Waals surface area contributed by atoms with Crippen molar-refractivity contribution in [2.45, 2.75) is 19.8 Å². The van der Waals surface area contributed by atoms with E-state index in [0.717, 1.165) is 29.5 Å². The fourth-order valence-electron chi connectivity index (χ4n) is 3.27. The number of anilines is 1.